The zero-order valence-electron chi connectivity index (χ0n) is 8.62. The Morgan fingerprint density at radius 3 is 2.41 bits per heavy atom. The molecule has 1 heterocycles. The molecular weight excluding hydrogens is 251 g/mol. The van der Waals surface area contributed by atoms with E-state index in [9.17, 15) is 12.3 Å². The largest absolute Gasteiger partial charge is 0.488 e. The number of aryl methyl sites for hydroxylation is 1. The molecule has 1 aromatic heterocycles. The zero-order chi connectivity index (χ0) is 12.5. The minimum absolute atomic E-state index is 0.128. The van der Waals surface area contributed by atoms with Gasteiger partial charge in [0.2, 0.25) is 11.7 Å². The van der Waals surface area contributed by atoms with Crippen molar-refractivity contribution >= 4 is 10.5 Å². The number of hydrogen-bond acceptors (Lipinski definition) is 6. The standard InChI is InChI=1S/C9H7FN2O4S/c1-6-11-9(12-15-6)7-2-4-8(5-3-7)16-17(10,13)14/h2-5H,1H3. The molecule has 0 fully saturated rings. The van der Waals surface area contributed by atoms with E-state index in [1.165, 1.54) is 24.3 Å². The maximum atomic E-state index is 12.2. The number of aromatic nitrogens is 2. The molecule has 17 heavy (non-hydrogen) atoms. The molecule has 0 aliphatic carbocycles. The summed E-state index contributed by atoms with van der Waals surface area (Å²) < 4.78 is 41.5. The first-order valence-corrected chi connectivity index (χ1v) is 5.80. The normalized spacial score (nSPS) is 11.4. The molecule has 0 radical (unpaired) electrons. The van der Waals surface area contributed by atoms with Crippen LogP contribution in [-0.2, 0) is 10.5 Å². The van der Waals surface area contributed by atoms with Crippen LogP contribution in [0, 0.1) is 6.92 Å². The molecule has 0 atom stereocenters. The Morgan fingerprint density at radius 2 is 1.94 bits per heavy atom. The summed E-state index contributed by atoms with van der Waals surface area (Å²) in [5, 5.41) is 3.67. The van der Waals surface area contributed by atoms with Gasteiger partial charge in [-0.3, -0.25) is 0 Å². The second-order valence-electron chi connectivity index (χ2n) is 3.14. The van der Waals surface area contributed by atoms with E-state index in [1.54, 1.807) is 6.92 Å². The number of halogens is 1. The van der Waals surface area contributed by atoms with Crippen LogP contribution >= 0.6 is 0 Å². The van der Waals surface area contributed by atoms with Gasteiger partial charge in [-0.25, -0.2) is 0 Å². The smallest absolute Gasteiger partial charge is 0.358 e. The molecule has 0 bridgehead atoms. The Bertz CT molecular complexity index is 621. The summed E-state index contributed by atoms with van der Waals surface area (Å²) in [6.07, 6.45) is 0. The van der Waals surface area contributed by atoms with Crippen molar-refractivity contribution in [3.05, 3.63) is 30.2 Å². The van der Waals surface area contributed by atoms with E-state index in [4.69, 9.17) is 4.52 Å². The Balaban J connectivity index is 2.24. The van der Waals surface area contributed by atoms with Crippen LogP contribution in [0.3, 0.4) is 0 Å². The van der Waals surface area contributed by atoms with Gasteiger partial charge >= 0.3 is 10.5 Å². The molecule has 0 saturated carbocycles. The molecule has 0 aliphatic heterocycles. The van der Waals surface area contributed by atoms with Crippen LogP contribution in [0.5, 0.6) is 5.75 Å². The number of hydrogen-bond donors (Lipinski definition) is 0. The summed E-state index contributed by atoms with van der Waals surface area (Å²) >= 11 is 0. The molecule has 2 aromatic rings. The van der Waals surface area contributed by atoms with Crippen LogP contribution in [0.25, 0.3) is 11.4 Å². The summed E-state index contributed by atoms with van der Waals surface area (Å²) in [6, 6.07) is 5.56. The van der Waals surface area contributed by atoms with Gasteiger partial charge in [0.05, 0.1) is 0 Å². The van der Waals surface area contributed by atoms with Crippen molar-refractivity contribution in [2.45, 2.75) is 6.92 Å². The molecular formula is C9H7FN2O4S. The van der Waals surface area contributed by atoms with Crippen LogP contribution in [0.2, 0.25) is 0 Å². The lowest BCUT2D eigenvalue weighted by Gasteiger charge is -1.99. The summed E-state index contributed by atoms with van der Waals surface area (Å²) in [6.45, 7) is 1.64. The van der Waals surface area contributed by atoms with E-state index < -0.39 is 10.5 Å². The van der Waals surface area contributed by atoms with E-state index in [-0.39, 0.29) is 5.75 Å². The molecule has 6 nitrogen and oxygen atoms in total. The van der Waals surface area contributed by atoms with Crippen LogP contribution in [-0.4, -0.2) is 18.6 Å². The molecule has 0 N–H and O–H groups in total. The van der Waals surface area contributed by atoms with Crippen molar-refractivity contribution in [3.63, 3.8) is 0 Å². The quantitative estimate of drug-likeness (QED) is 0.778. The van der Waals surface area contributed by atoms with Crippen molar-refractivity contribution in [2.24, 2.45) is 0 Å². The second kappa shape index (κ2) is 4.13. The highest BCUT2D eigenvalue weighted by Crippen LogP contribution is 2.20. The monoisotopic (exact) mass is 258 g/mol. The SMILES string of the molecule is Cc1nc(-c2ccc(OS(=O)(=O)F)cc2)no1. The van der Waals surface area contributed by atoms with Gasteiger partial charge in [-0.15, -0.1) is 0 Å². The highest BCUT2D eigenvalue weighted by Gasteiger charge is 2.10. The first kappa shape index (κ1) is 11.5. The lowest BCUT2D eigenvalue weighted by Crippen LogP contribution is -2.00. The van der Waals surface area contributed by atoms with E-state index in [2.05, 4.69) is 14.3 Å². The third-order valence-corrected chi connectivity index (χ3v) is 2.23. The maximum Gasteiger partial charge on any atom is 0.488 e. The minimum Gasteiger partial charge on any atom is -0.358 e. The van der Waals surface area contributed by atoms with Crippen LogP contribution in [0.1, 0.15) is 5.89 Å². The zero-order valence-corrected chi connectivity index (χ0v) is 9.44. The number of benzene rings is 1. The van der Waals surface area contributed by atoms with Gasteiger partial charge in [-0.05, 0) is 24.3 Å². The van der Waals surface area contributed by atoms with E-state index in [0.717, 1.165) is 0 Å². The number of nitrogens with zero attached hydrogens (tertiary/aromatic N) is 2. The molecule has 0 unspecified atom stereocenters. The van der Waals surface area contributed by atoms with E-state index >= 15 is 0 Å². The van der Waals surface area contributed by atoms with Crippen molar-refractivity contribution < 1.29 is 21.0 Å². The fourth-order valence-electron chi connectivity index (χ4n) is 1.19. The minimum atomic E-state index is -5.00. The lowest BCUT2D eigenvalue weighted by molar-refractivity contribution is 0.394. The average Bonchev–Trinajstić information content (AvgIpc) is 2.63. The Morgan fingerprint density at radius 1 is 1.29 bits per heavy atom. The molecule has 90 valence electrons. The lowest BCUT2D eigenvalue weighted by atomic mass is 10.2. The van der Waals surface area contributed by atoms with Gasteiger partial charge in [-0.1, -0.05) is 9.04 Å². The van der Waals surface area contributed by atoms with Gasteiger partial charge in [0.1, 0.15) is 5.75 Å². The predicted octanol–water partition coefficient (Wildman–Crippen LogP) is 1.64. The van der Waals surface area contributed by atoms with E-state index in [0.29, 0.717) is 17.3 Å². The predicted molar refractivity (Wildman–Crippen MR) is 55.1 cm³/mol. The average molecular weight is 258 g/mol. The molecule has 8 heteroatoms. The summed E-state index contributed by atoms with van der Waals surface area (Å²) in [5.41, 5.74) is 0.602. The van der Waals surface area contributed by atoms with Gasteiger partial charge in [0.15, 0.2) is 0 Å². The topological polar surface area (TPSA) is 82.3 Å². The fourth-order valence-corrected chi connectivity index (χ4v) is 1.53. The second-order valence-corrected chi connectivity index (χ2v) is 4.09. The van der Waals surface area contributed by atoms with Crippen LogP contribution in [0.4, 0.5) is 3.89 Å². The summed E-state index contributed by atoms with van der Waals surface area (Å²) in [4.78, 5) is 3.97. The Hall–Kier alpha value is -1.96. The first-order chi connectivity index (χ1) is 7.94. The molecule has 0 saturated heterocycles. The highest BCUT2D eigenvalue weighted by molar-refractivity contribution is 7.81. The molecule has 1 aromatic carbocycles. The third-order valence-electron chi connectivity index (χ3n) is 1.84. The molecule has 0 aliphatic rings. The van der Waals surface area contributed by atoms with Crippen molar-refractivity contribution in [3.8, 4) is 17.1 Å². The van der Waals surface area contributed by atoms with Crippen molar-refractivity contribution in [1.29, 1.82) is 0 Å². The van der Waals surface area contributed by atoms with Gasteiger partial charge in [0.25, 0.3) is 0 Å². The summed E-state index contributed by atoms with van der Waals surface area (Å²) in [7, 11) is -5.00. The van der Waals surface area contributed by atoms with E-state index in [1.807, 2.05) is 0 Å². The molecule has 0 spiro atoms. The fraction of sp³-hybridized carbons (Fsp3) is 0.111. The van der Waals surface area contributed by atoms with Gasteiger partial charge < -0.3 is 8.71 Å². The van der Waals surface area contributed by atoms with Gasteiger partial charge in [0, 0.05) is 12.5 Å². The van der Waals surface area contributed by atoms with Gasteiger partial charge in [-0.2, -0.15) is 13.4 Å². The Labute approximate surface area is 96.4 Å². The van der Waals surface area contributed by atoms with Crippen molar-refractivity contribution in [1.82, 2.24) is 10.1 Å². The molecule has 0 amide bonds. The number of rotatable bonds is 3. The first-order valence-electron chi connectivity index (χ1n) is 4.49. The van der Waals surface area contributed by atoms with Crippen LogP contribution < -0.4 is 4.18 Å². The third kappa shape index (κ3) is 3.00. The molecule has 2 rings (SSSR count). The summed E-state index contributed by atoms with van der Waals surface area (Å²) in [5.74, 6) is 0.639. The van der Waals surface area contributed by atoms with Crippen molar-refractivity contribution in [2.75, 3.05) is 0 Å². The van der Waals surface area contributed by atoms with Crippen LogP contribution in [0.15, 0.2) is 28.8 Å². The Kier molecular flexibility index (Phi) is 2.80. The maximum absolute atomic E-state index is 12.2. The highest BCUT2D eigenvalue weighted by atomic mass is 32.3.